The molecule has 0 aromatic carbocycles. The summed E-state index contributed by atoms with van der Waals surface area (Å²) in [6, 6.07) is 0.572. The fraction of sp³-hybridized carbons (Fsp3) is 0.667. The lowest BCUT2D eigenvalue weighted by Gasteiger charge is -2.18. The van der Waals surface area contributed by atoms with Crippen LogP contribution >= 0.6 is 34.7 Å². The maximum atomic E-state index is 5.78. The summed E-state index contributed by atoms with van der Waals surface area (Å²) in [4.78, 5) is 4.21. The second-order valence-electron chi connectivity index (χ2n) is 3.44. The van der Waals surface area contributed by atoms with E-state index in [4.69, 9.17) is 11.6 Å². The highest BCUT2D eigenvalue weighted by atomic mass is 35.5. The first-order valence-electron chi connectivity index (χ1n) is 4.70. The molecule has 0 amide bonds. The Morgan fingerprint density at radius 2 is 2.50 bits per heavy atom. The van der Waals surface area contributed by atoms with Gasteiger partial charge in [0.15, 0.2) is 4.47 Å². The summed E-state index contributed by atoms with van der Waals surface area (Å²) in [7, 11) is 0. The van der Waals surface area contributed by atoms with Crippen LogP contribution in [0.2, 0.25) is 4.47 Å². The molecule has 1 aromatic rings. The Bertz CT molecular complexity index is 303. The third-order valence-corrected chi connectivity index (χ3v) is 4.71. The van der Waals surface area contributed by atoms with Crippen LogP contribution in [0.4, 0.5) is 5.82 Å². The van der Waals surface area contributed by atoms with Crippen LogP contribution in [0, 0.1) is 0 Å². The van der Waals surface area contributed by atoms with E-state index in [0.29, 0.717) is 10.5 Å². The van der Waals surface area contributed by atoms with Crippen LogP contribution in [0.15, 0.2) is 5.38 Å². The van der Waals surface area contributed by atoms with Gasteiger partial charge in [-0.1, -0.05) is 18.0 Å². The molecule has 5 heteroatoms. The second kappa shape index (κ2) is 4.73. The molecule has 1 N–H and O–H groups in total. The van der Waals surface area contributed by atoms with E-state index < -0.39 is 0 Å². The van der Waals surface area contributed by atoms with E-state index in [1.807, 2.05) is 17.1 Å². The highest BCUT2D eigenvalue weighted by Gasteiger charge is 2.26. The number of nitrogens with zero attached hydrogens (tertiary/aromatic N) is 1. The molecule has 0 spiro atoms. The highest BCUT2D eigenvalue weighted by molar-refractivity contribution is 7.99. The van der Waals surface area contributed by atoms with Crippen LogP contribution in [-0.4, -0.2) is 22.5 Å². The van der Waals surface area contributed by atoms with Crippen LogP contribution < -0.4 is 5.32 Å². The van der Waals surface area contributed by atoms with E-state index in [1.54, 1.807) is 0 Å². The molecule has 0 saturated heterocycles. The molecule has 1 aliphatic rings. The number of thioether (sulfide) groups is 1. The monoisotopic (exact) mass is 248 g/mol. The molecule has 1 heterocycles. The van der Waals surface area contributed by atoms with Crippen molar-refractivity contribution >= 4 is 40.5 Å². The van der Waals surface area contributed by atoms with Gasteiger partial charge in [-0.05, 0) is 19.1 Å². The fourth-order valence-corrected chi connectivity index (χ4v) is 3.52. The predicted octanol–water partition coefficient (Wildman–Crippen LogP) is 3.49. The molecule has 1 aliphatic carbocycles. The van der Waals surface area contributed by atoms with Gasteiger partial charge in [0.2, 0.25) is 0 Å². The van der Waals surface area contributed by atoms with Crippen molar-refractivity contribution in [3.05, 3.63) is 9.85 Å². The minimum Gasteiger partial charge on any atom is -0.365 e. The van der Waals surface area contributed by atoms with Gasteiger partial charge >= 0.3 is 0 Å². The molecule has 2 unspecified atom stereocenters. The topological polar surface area (TPSA) is 24.9 Å². The summed E-state index contributed by atoms with van der Waals surface area (Å²) in [5.74, 6) is 0.936. The molecule has 0 radical (unpaired) electrons. The third kappa shape index (κ3) is 2.35. The summed E-state index contributed by atoms with van der Waals surface area (Å²) in [5.41, 5.74) is 0. The Balaban J connectivity index is 1.96. The fourth-order valence-electron chi connectivity index (χ4n) is 1.88. The largest absolute Gasteiger partial charge is 0.365 e. The number of anilines is 1. The summed E-state index contributed by atoms with van der Waals surface area (Å²) in [6.07, 6.45) is 6.07. The Morgan fingerprint density at radius 3 is 3.14 bits per heavy atom. The third-order valence-electron chi connectivity index (χ3n) is 2.56. The normalized spacial score (nSPS) is 26.7. The van der Waals surface area contributed by atoms with Gasteiger partial charge in [-0.25, -0.2) is 4.98 Å². The molecule has 1 fully saturated rings. The van der Waals surface area contributed by atoms with Gasteiger partial charge in [0.05, 0.1) is 0 Å². The predicted molar refractivity (Wildman–Crippen MR) is 65.7 cm³/mol. The van der Waals surface area contributed by atoms with Gasteiger partial charge in [0, 0.05) is 16.7 Å². The first-order valence-corrected chi connectivity index (χ1v) is 7.24. The SMILES string of the molecule is CSC1CCCC1Nc1csc(Cl)n1. The zero-order valence-electron chi connectivity index (χ0n) is 8.00. The van der Waals surface area contributed by atoms with Gasteiger partial charge in [-0.3, -0.25) is 0 Å². The zero-order valence-corrected chi connectivity index (χ0v) is 10.4. The number of hydrogen-bond donors (Lipinski definition) is 1. The molecule has 0 bridgehead atoms. The average Bonchev–Trinajstić information content (AvgIpc) is 2.76. The van der Waals surface area contributed by atoms with Gasteiger partial charge in [0.25, 0.3) is 0 Å². The number of rotatable bonds is 3. The molecule has 0 aliphatic heterocycles. The maximum absolute atomic E-state index is 5.78. The van der Waals surface area contributed by atoms with Crippen LogP contribution in [0.25, 0.3) is 0 Å². The van der Waals surface area contributed by atoms with Gasteiger partial charge in [0.1, 0.15) is 5.82 Å². The number of nitrogens with one attached hydrogen (secondary N) is 1. The average molecular weight is 249 g/mol. The molecule has 1 saturated carbocycles. The lowest BCUT2D eigenvalue weighted by molar-refractivity contribution is 0.765. The Hall–Kier alpha value is 0.0700. The molecule has 1 aromatic heterocycles. The van der Waals surface area contributed by atoms with Crippen LogP contribution in [0.5, 0.6) is 0 Å². The lowest BCUT2D eigenvalue weighted by atomic mass is 10.2. The molecule has 14 heavy (non-hydrogen) atoms. The van der Waals surface area contributed by atoms with Crippen LogP contribution in [0.3, 0.4) is 0 Å². The van der Waals surface area contributed by atoms with Crippen molar-refractivity contribution in [3.63, 3.8) is 0 Å². The van der Waals surface area contributed by atoms with Gasteiger partial charge in [-0.15, -0.1) is 11.3 Å². The van der Waals surface area contributed by atoms with Crippen LogP contribution in [0.1, 0.15) is 19.3 Å². The summed E-state index contributed by atoms with van der Waals surface area (Å²) in [5, 5.41) is 6.17. The maximum Gasteiger partial charge on any atom is 0.185 e. The molecule has 2 atom stereocenters. The molecule has 78 valence electrons. The Kier molecular flexibility index (Phi) is 3.57. The first-order chi connectivity index (χ1) is 6.79. The van der Waals surface area contributed by atoms with Crippen molar-refractivity contribution in [3.8, 4) is 0 Å². The van der Waals surface area contributed by atoms with E-state index >= 15 is 0 Å². The number of hydrogen-bond acceptors (Lipinski definition) is 4. The van der Waals surface area contributed by atoms with Crippen molar-refractivity contribution in [2.75, 3.05) is 11.6 Å². The van der Waals surface area contributed by atoms with Crippen LogP contribution in [-0.2, 0) is 0 Å². The molecule has 2 nitrogen and oxygen atoms in total. The van der Waals surface area contributed by atoms with Crippen molar-refractivity contribution in [1.82, 2.24) is 4.98 Å². The highest BCUT2D eigenvalue weighted by Crippen LogP contribution is 2.31. The quantitative estimate of drug-likeness (QED) is 0.887. The van der Waals surface area contributed by atoms with Crippen molar-refractivity contribution < 1.29 is 0 Å². The van der Waals surface area contributed by atoms with Gasteiger partial charge < -0.3 is 5.32 Å². The Labute approximate surface area is 97.5 Å². The summed E-state index contributed by atoms with van der Waals surface area (Å²) >= 11 is 9.21. The minimum absolute atomic E-state index is 0.572. The molecule has 2 rings (SSSR count). The minimum atomic E-state index is 0.572. The smallest absolute Gasteiger partial charge is 0.185 e. The van der Waals surface area contributed by atoms with Crippen molar-refractivity contribution in [2.45, 2.75) is 30.6 Å². The van der Waals surface area contributed by atoms with Crippen molar-refractivity contribution in [1.29, 1.82) is 0 Å². The summed E-state index contributed by atoms with van der Waals surface area (Å²) in [6.45, 7) is 0. The first kappa shape index (κ1) is 10.6. The summed E-state index contributed by atoms with van der Waals surface area (Å²) < 4.78 is 0.617. The van der Waals surface area contributed by atoms with Gasteiger partial charge in [-0.2, -0.15) is 11.8 Å². The van der Waals surface area contributed by atoms with E-state index in [9.17, 15) is 0 Å². The molecular weight excluding hydrogens is 236 g/mol. The van der Waals surface area contributed by atoms with E-state index in [1.165, 1.54) is 30.6 Å². The number of aromatic nitrogens is 1. The lowest BCUT2D eigenvalue weighted by Crippen LogP contribution is -2.25. The number of halogens is 1. The molecular formula is C9H13ClN2S2. The van der Waals surface area contributed by atoms with Crippen molar-refractivity contribution in [2.24, 2.45) is 0 Å². The standard InChI is InChI=1S/C9H13ClN2S2/c1-13-7-4-2-3-6(7)11-8-5-14-9(10)12-8/h5-7,11H,2-4H2,1H3. The Morgan fingerprint density at radius 1 is 1.64 bits per heavy atom. The number of thiazole rings is 1. The van der Waals surface area contributed by atoms with E-state index in [-0.39, 0.29) is 0 Å². The second-order valence-corrected chi connectivity index (χ2v) is 5.96. The van der Waals surface area contributed by atoms with E-state index in [2.05, 4.69) is 16.6 Å². The zero-order chi connectivity index (χ0) is 9.97. The van der Waals surface area contributed by atoms with E-state index in [0.717, 1.165) is 11.1 Å².